The summed E-state index contributed by atoms with van der Waals surface area (Å²) in [5.41, 5.74) is 6.74. The number of rotatable bonds is 1. The molecule has 92 valence electrons. The number of ether oxygens (including phenoxy) is 1. The molecule has 1 fully saturated rings. The summed E-state index contributed by atoms with van der Waals surface area (Å²) in [5.74, 6) is 0.787. The topological polar surface area (TPSA) is 68.5 Å². The van der Waals surface area contributed by atoms with Crippen LogP contribution in [0.5, 0.6) is 0 Å². The molecular weight excluding hydrogens is 286 g/mol. The number of nitrogen functional groups attached to an aromatic ring is 1. The molecule has 0 saturated carbocycles. The van der Waals surface area contributed by atoms with Gasteiger partial charge in [-0.1, -0.05) is 0 Å². The van der Waals surface area contributed by atoms with Gasteiger partial charge in [-0.2, -0.15) is 0 Å². The van der Waals surface area contributed by atoms with E-state index in [2.05, 4.69) is 20.9 Å². The van der Waals surface area contributed by atoms with E-state index in [4.69, 9.17) is 10.5 Å². The van der Waals surface area contributed by atoms with Crippen molar-refractivity contribution < 1.29 is 9.53 Å². The zero-order chi connectivity index (χ0) is 12.4. The summed E-state index contributed by atoms with van der Waals surface area (Å²) in [6.07, 6.45) is 2.42. The summed E-state index contributed by atoms with van der Waals surface area (Å²) in [5, 5.41) is 0. The van der Waals surface area contributed by atoms with Gasteiger partial charge < -0.3 is 15.4 Å². The molecule has 1 aromatic rings. The molecule has 1 atom stereocenters. The Morgan fingerprint density at radius 3 is 3.12 bits per heavy atom. The van der Waals surface area contributed by atoms with Crippen molar-refractivity contribution in [3.8, 4) is 0 Å². The first-order chi connectivity index (χ1) is 8.11. The second-order valence-electron chi connectivity index (χ2n) is 4.04. The number of hydrogen-bond acceptors (Lipinski definition) is 4. The Kier molecular flexibility index (Phi) is 3.51. The highest BCUT2D eigenvalue weighted by Gasteiger charge is 2.28. The standard InChI is InChI=1S/C11H14BrN3O2/c1-17-11(16)15-3-2-7(6-15)8-4-9(12)10(13)14-5-8/h4-5,7H,2-3,6H2,1H3,(H2,13,14). The smallest absolute Gasteiger partial charge is 0.409 e. The molecule has 0 radical (unpaired) electrons. The van der Waals surface area contributed by atoms with Gasteiger partial charge in [0.25, 0.3) is 0 Å². The number of methoxy groups -OCH3 is 1. The molecule has 0 spiro atoms. The van der Waals surface area contributed by atoms with Crippen LogP contribution in [0.1, 0.15) is 17.9 Å². The number of hydrogen-bond donors (Lipinski definition) is 1. The molecule has 2 N–H and O–H groups in total. The maximum atomic E-state index is 11.4. The first kappa shape index (κ1) is 12.2. The van der Waals surface area contributed by atoms with Crippen molar-refractivity contribution in [1.29, 1.82) is 0 Å². The van der Waals surface area contributed by atoms with E-state index >= 15 is 0 Å². The Morgan fingerprint density at radius 2 is 2.47 bits per heavy atom. The summed E-state index contributed by atoms with van der Waals surface area (Å²) in [4.78, 5) is 17.2. The Labute approximate surface area is 108 Å². The third-order valence-electron chi connectivity index (χ3n) is 2.98. The second kappa shape index (κ2) is 4.91. The largest absolute Gasteiger partial charge is 0.453 e. The molecule has 1 unspecified atom stereocenters. The van der Waals surface area contributed by atoms with Crippen molar-refractivity contribution in [3.63, 3.8) is 0 Å². The number of aromatic nitrogens is 1. The van der Waals surface area contributed by atoms with Crippen molar-refractivity contribution in [3.05, 3.63) is 22.3 Å². The molecule has 0 bridgehead atoms. The van der Waals surface area contributed by atoms with Crippen LogP contribution in [0.2, 0.25) is 0 Å². The van der Waals surface area contributed by atoms with Gasteiger partial charge in [0.15, 0.2) is 0 Å². The Balaban J connectivity index is 2.10. The summed E-state index contributed by atoms with van der Waals surface area (Å²) in [7, 11) is 1.40. The van der Waals surface area contributed by atoms with Gasteiger partial charge in [0.05, 0.1) is 11.6 Å². The first-order valence-electron chi connectivity index (χ1n) is 5.35. The second-order valence-corrected chi connectivity index (χ2v) is 4.89. The van der Waals surface area contributed by atoms with E-state index in [1.807, 2.05) is 6.07 Å². The predicted octanol–water partition coefficient (Wildman–Crippen LogP) is 1.98. The van der Waals surface area contributed by atoms with Gasteiger partial charge in [0.2, 0.25) is 0 Å². The van der Waals surface area contributed by atoms with Gasteiger partial charge >= 0.3 is 6.09 Å². The molecule has 17 heavy (non-hydrogen) atoms. The maximum absolute atomic E-state index is 11.4. The SMILES string of the molecule is COC(=O)N1CCC(c2cnc(N)c(Br)c2)C1. The number of nitrogens with zero attached hydrogens (tertiary/aromatic N) is 2. The van der Waals surface area contributed by atoms with E-state index in [1.165, 1.54) is 7.11 Å². The van der Waals surface area contributed by atoms with Crippen LogP contribution in [0.4, 0.5) is 10.6 Å². The van der Waals surface area contributed by atoms with Crippen LogP contribution < -0.4 is 5.73 Å². The molecule has 2 rings (SSSR count). The van der Waals surface area contributed by atoms with E-state index in [9.17, 15) is 4.79 Å². The fourth-order valence-corrected chi connectivity index (χ4v) is 2.38. The molecule has 2 heterocycles. The van der Waals surface area contributed by atoms with Gasteiger partial charge in [-0.05, 0) is 34.0 Å². The number of nitrogens with two attached hydrogens (primary N) is 1. The van der Waals surface area contributed by atoms with Crippen molar-refractivity contribution >= 4 is 27.8 Å². The zero-order valence-electron chi connectivity index (χ0n) is 9.52. The minimum absolute atomic E-state index is 0.269. The third-order valence-corrected chi connectivity index (χ3v) is 3.62. The monoisotopic (exact) mass is 299 g/mol. The van der Waals surface area contributed by atoms with Crippen LogP contribution >= 0.6 is 15.9 Å². The molecule has 5 nitrogen and oxygen atoms in total. The lowest BCUT2D eigenvalue weighted by Gasteiger charge is -2.14. The first-order valence-corrected chi connectivity index (χ1v) is 6.15. The van der Waals surface area contributed by atoms with Crippen LogP contribution in [-0.4, -0.2) is 36.2 Å². The van der Waals surface area contributed by atoms with Gasteiger partial charge in [-0.15, -0.1) is 0 Å². The molecule has 1 aliphatic rings. The molecule has 0 aromatic carbocycles. The van der Waals surface area contributed by atoms with Crippen molar-refractivity contribution in [2.24, 2.45) is 0 Å². The van der Waals surface area contributed by atoms with Crippen LogP contribution in [-0.2, 0) is 4.74 Å². The average Bonchev–Trinajstić information content (AvgIpc) is 2.81. The predicted molar refractivity (Wildman–Crippen MR) is 67.7 cm³/mol. The van der Waals surface area contributed by atoms with Crippen molar-refractivity contribution in [2.75, 3.05) is 25.9 Å². The third kappa shape index (κ3) is 2.52. The normalized spacial score (nSPS) is 19.4. The summed E-state index contributed by atoms with van der Waals surface area (Å²) in [6.45, 7) is 1.39. The Morgan fingerprint density at radius 1 is 1.71 bits per heavy atom. The minimum atomic E-state index is -0.269. The average molecular weight is 300 g/mol. The summed E-state index contributed by atoms with van der Waals surface area (Å²) in [6, 6.07) is 1.97. The fraction of sp³-hybridized carbons (Fsp3) is 0.455. The quantitative estimate of drug-likeness (QED) is 0.861. The van der Waals surface area contributed by atoms with Crippen molar-refractivity contribution in [2.45, 2.75) is 12.3 Å². The number of pyridine rings is 1. The minimum Gasteiger partial charge on any atom is -0.453 e. The number of amides is 1. The number of carbonyl (C=O) groups excluding carboxylic acids is 1. The van der Waals surface area contributed by atoms with Gasteiger partial charge in [0.1, 0.15) is 5.82 Å². The Hall–Kier alpha value is -1.30. The van der Waals surface area contributed by atoms with Gasteiger partial charge in [0, 0.05) is 25.2 Å². The van der Waals surface area contributed by atoms with Gasteiger partial charge in [-0.3, -0.25) is 0 Å². The van der Waals surface area contributed by atoms with Crippen LogP contribution in [0.15, 0.2) is 16.7 Å². The lowest BCUT2D eigenvalue weighted by atomic mass is 10.0. The van der Waals surface area contributed by atoms with Crippen LogP contribution in [0.3, 0.4) is 0 Å². The highest BCUT2D eigenvalue weighted by Crippen LogP contribution is 2.30. The number of halogens is 1. The zero-order valence-corrected chi connectivity index (χ0v) is 11.1. The number of carbonyl (C=O) groups is 1. The molecule has 1 aliphatic heterocycles. The van der Waals surface area contributed by atoms with E-state index in [-0.39, 0.29) is 6.09 Å². The number of anilines is 1. The molecule has 1 saturated heterocycles. The lowest BCUT2D eigenvalue weighted by Crippen LogP contribution is -2.28. The van der Waals surface area contributed by atoms with E-state index in [0.29, 0.717) is 18.3 Å². The fourth-order valence-electron chi connectivity index (χ4n) is 2.01. The molecule has 6 heteroatoms. The maximum Gasteiger partial charge on any atom is 0.409 e. The van der Waals surface area contributed by atoms with E-state index in [0.717, 1.165) is 23.0 Å². The molecular formula is C11H14BrN3O2. The highest BCUT2D eigenvalue weighted by atomic mass is 79.9. The van der Waals surface area contributed by atoms with Crippen molar-refractivity contribution in [1.82, 2.24) is 9.88 Å². The van der Waals surface area contributed by atoms with Crippen LogP contribution in [0.25, 0.3) is 0 Å². The summed E-state index contributed by atoms with van der Waals surface area (Å²) < 4.78 is 5.50. The van der Waals surface area contributed by atoms with E-state index in [1.54, 1.807) is 11.1 Å². The molecule has 0 aliphatic carbocycles. The highest BCUT2D eigenvalue weighted by molar-refractivity contribution is 9.10. The Bertz CT molecular complexity index is 439. The lowest BCUT2D eigenvalue weighted by molar-refractivity contribution is 0.132. The molecule has 1 amide bonds. The van der Waals surface area contributed by atoms with Crippen LogP contribution in [0, 0.1) is 0 Å². The van der Waals surface area contributed by atoms with E-state index < -0.39 is 0 Å². The number of likely N-dealkylation sites (tertiary alicyclic amines) is 1. The molecule has 1 aromatic heterocycles. The van der Waals surface area contributed by atoms with Gasteiger partial charge in [-0.25, -0.2) is 9.78 Å². The summed E-state index contributed by atoms with van der Waals surface area (Å²) >= 11 is 3.36.